The van der Waals surface area contributed by atoms with Crippen molar-refractivity contribution in [1.29, 1.82) is 0 Å². The van der Waals surface area contributed by atoms with Crippen LogP contribution in [0.15, 0.2) is 24.3 Å². The Kier molecular flexibility index (Phi) is 4.03. The zero-order chi connectivity index (χ0) is 13.3. The van der Waals surface area contributed by atoms with E-state index >= 15 is 0 Å². The van der Waals surface area contributed by atoms with Gasteiger partial charge < -0.3 is 5.73 Å². The highest BCUT2D eigenvalue weighted by molar-refractivity contribution is 5.31. The molecule has 0 aromatic heterocycles. The molecule has 0 bridgehead atoms. The minimum atomic E-state index is 0.157. The molecule has 96 valence electrons. The van der Waals surface area contributed by atoms with E-state index in [1.807, 2.05) is 0 Å². The van der Waals surface area contributed by atoms with Gasteiger partial charge in [0, 0.05) is 6.04 Å². The average molecular weight is 233 g/mol. The summed E-state index contributed by atoms with van der Waals surface area (Å²) in [5.74, 6) is 0. The lowest BCUT2D eigenvalue weighted by molar-refractivity contribution is 0.437. The summed E-state index contributed by atoms with van der Waals surface area (Å²) in [7, 11) is 0. The van der Waals surface area contributed by atoms with Crippen molar-refractivity contribution < 1.29 is 0 Å². The first-order valence-corrected chi connectivity index (χ1v) is 6.49. The normalized spacial score (nSPS) is 14.8. The lowest BCUT2D eigenvalue weighted by Crippen LogP contribution is -2.28. The lowest BCUT2D eigenvalue weighted by atomic mass is 9.78. The number of hydrogen-bond donors (Lipinski definition) is 1. The van der Waals surface area contributed by atoms with Crippen molar-refractivity contribution in [3.8, 4) is 0 Å². The van der Waals surface area contributed by atoms with Crippen molar-refractivity contribution in [2.45, 2.75) is 64.8 Å². The summed E-state index contributed by atoms with van der Waals surface area (Å²) in [6.45, 7) is 13.3. The van der Waals surface area contributed by atoms with Crippen molar-refractivity contribution in [3.05, 3.63) is 35.4 Å². The molecular formula is C16H27N. The van der Waals surface area contributed by atoms with E-state index in [9.17, 15) is 0 Å². The van der Waals surface area contributed by atoms with Gasteiger partial charge >= 0.3 is 0 Å². The van der Waals surface area contributed by atoms with Crippen molar-refractivity contribution >= 4 is 0 Å². The van der Waals surface area contributed by atoms with Gasteiger partial charge in [-0.2, -0.15) is 0 Å². The summed E-state index contributed by atoms with van der Waals surface area (Å²) >= 11 is 0. The molecule has 0 amide bonds. The molecule has 1 atom stereocenters. The monoisotopic (exact) mass is 233 g/mol. The van der Waals surface area contributed by atoms with Gasteiger partial charge in [0.25, 0.3) is 0 Å². The Morgan fingerprint density at radius 2 is 1.35 bits per heavy atom. The number of nitrogens with two attached hydrogens (primary N) is 1. The van der Waals surface area contributed by atoms with Crippen molar-refractivity contribution in [2.75, 3.05) is 0 Å². The summed E-state index contributed by atoms with van der Waals surface area (Å²) in [6.07, 6.45) is 1.02. The zero-order valence-electron chi connectivity index (χ0n) is 12.2. The SMILES string of the molecule is CC(N)CC(C)(C)c1ccc(C(C)(C)C)cc1. The first kappa shape index (κ1) is 14.2. The Morgan fingerprint density at radius 3 is 1.71 bits per heavy atom. The second kappa shape index (κ2) is 4.81. The molecule has 0 radical (unpaired) electrons. The van der Waals surface area contributed by atoms with Crippen LogP contribution >= 0.6 is 0 Å². The minimum Gasteiger partial charge on any atom is -0.328 e. The number of hydrogen-bond acceptors (Lipinski definition) is 1. The van der Waals surface area contributed by atoms with Crippen LogP contribution in [0.25, 0.3) is 0 Å². The Balaban J connectivity index is 2.94. The molecule has 0 aliphatic carbocycles. The van der Waals surface area contributed by atoms with Crippen molar-refractivity contribution in [3.63, 3.8) is 0 Å². The molecule has 1 unspecified atom stereocenters. The maximum atomic E-state index is 5.92. The van der Waals surface area contributed by atoms with E-state index in [4.69, 9.17) is 5.73 Å². The quantitative estimate of drug-likeness (QED) is 0.839. The number of rotatable bonds is 3. The molecule has 0 fully saturated rings. The highest BCUT2D eigenvalue weighted by Crippen LogP contribution is 2.30. The molecule has 1 aromatic carbocycles. The van der Waals surface area contributed by atoms with Crippen LogP contribution in [0, 0.1) is 0 Å². The van der Waals surface area contributed by atoms with Crippen molar-refractivity contribution in [1.82, 2.24) is 0 Å². The van der Waals surface area contributed by atoms with Crippen LogP contribution < -0.4 is 5.73 Å². The van der Waals surface area contributed by atoms with E-state index in [1.165, 1.54) is 11.1 Å². The molecule has 1 aromatic rings. The molecule has 0 saturated carbocycles. The molecule has 1 heteroatoms. The fourth-order valence-electron chi connectivity index (χ4n) is 2.34. The Bertz CT molecular complexity index is 352. The first-order chi connectivity index (χ1) is 7.63. The summed E-state index contributed by atoms with van der Waals surface area (Å²) in [5, 5.41) is 0. The molecule has 0 aliphatic heterocycles. The highest BCUT2D eigenvalue weighted by Gasteiger charge is 2.22. The predicted octanol–water partition coefficient (Wildman–Crippen LogP) is 4.00. The van der Waals surface area contributed by atoms with Gasteiger partial charge in [-0.25, -0.2) is 0 Å². The zero-order valence-corrected chi connectivity index (χ0v) is 12.2. The first-order valence-electron chi connectivity index (χ1n) is 6.49. The van der Waals surface area contributed by atoms with Crippen LogP contribution in [0.3, 0.4) is 0 Å². The summed E-state index contributed by atoms with van der Waals surface area (Å²) in [6, 6.07) is 9.25. The van der Waals surface area contributed by atoms with E-state index in [-0.39, 0.29) is 16.9 Å². The van der Waals surface area contributed by atoms with E-state index < -0.39 is 0 Å². The van der Waals surface area contributed by atoms with Gasteiger partial charge in [0.1, 0.15) is 0 Å². The van der Waals surface area contributed by atoms with Crippen LogP contribution in [0.2, 0.25) is 0 Å². The van der Waals surface area contributed by atoms with Crippen LogP contribution in [0.5, 0.6) is 0 Å². The molecule has 1 nitrogen and oxygen atoms in total. The third kappa shape index (κ3) is 3.85. The Hall–Kier alpha value is -0.820. The van der Waals surface area contributed by atoms with Gasteiger partial charge in [-0.15, -0.1) is 0 Å². The smallest absolute Gasteiger partial charge is 0.00187 e. The minimum absolute atomic E-state index is 0.157. The van der Waals surface area contributed by atoms with Gasteiger partial charge in [-0.3, -0.25) is 0 Å². The van der Waals surface area contributed by atoms with Crippen LogP contribution in [0.4, 0.5) is 0 Å². The van der Waals surface area contributed by atoms with Crippen LogP contribution in [-0.2, 0) is 10.8 Å². The second-order valence-electron chi connectivity index (χ2n) is 6.89. The summed E-state index contributed by atoms with van der Waals surface area (Å²) in [5.41, 5.74) is 9.06. The molecule has 0 spiro atoms. The largest absolute Gasteiger partial charge is 0.328 e. The van der Waals surface area contributed by atoms with E-state index in [0.29, 0.717) is 0 Å². The van der Waals surface area contributed by atoms with E-state index in [2.05, 4.69) is 65.8 Å². The maximum absolute atomic E-state index is 5.92. The molecule has 1 rings (SSSR count). The summed E-state index contributed by atoms with van der Waals surface area (Å²) < 4.78 is 0. The molecule has 2 N–H and O–H groups in total. The lowest BCUT2D eigenvalue weighted by Gasteiger charge is -2.28. The average Bonchev–Trinajstić information content (AvgIpc) is 2.14. The third-order valence-electron chi connectivity index (χ3n) is 3.36. The van der Waals surface area contributed by atoms with Gasteiger partial charge in [-0.05, 0) is 35.3 Å². The predicted molar refractivity (Wildman–Crippen MR) is 76.4 cm³/mol. The second-order valence-corrected chi connectivity index (χ2v) is 6.89. The van der Waals surface area contributed by atoms with Gasteiger partial charge in [0.15, 0.2) is 0 Å². The van der Waals surface area contributed by atoms with Gasteiger partial charge in [0.2, 0.25) is 0 Å². The molecule has 0 saturated heterocycles. The van der Waals surface area contributed by atoms with Crippen molar-refractivity contribution in [2.24, 2.45) is 5.73 Å². The fourth-order valence-corrected chi connectivity index (χ4v) is 2.34. The Labute approximate surface area is 106 Å². The molecule has 0 heterocycles. The standard InChI is InChI=1S/C16H27N/c1-12(17)11-16(5,6)14-9-7-13(8-10-14)15(2,3)4/h7-10,12H,11,17H2,1-6H3. The highest BCUT2D eigenvalue weighted by atomic mass is 14.6. The topological polar surface area (TPSA) is 26.0 Å². The molecule has 0 aliphatic rings. The summed E-state index contributed by atoms with van der Waals surface area (Å²) in [4.78, 5) is 0. The van der Waals surface area contributed by atoms with E-state index in [1.54, 1.807) is 0 Å². The van der Waals surface area contributed by atoms with Crippen LogP contribution in [0.1, 0.15) is 59.1 Å². The molecular weight excluding hydrogens is 206 g/mol. The molecule has 17 heavy (non-hydrogen) atoms. The Morgan fingerprint density at radius 1 is 0.941 bits per heavy atom. The number of benzene rings is 1. The van der Waals surface area contributed by atoms with Gasteiger partial charge in [0.05, 0.1) is 0 Å². The van der Waals surface area contributed by atoms with Gasteiger partial charge in [-0.1, -0.05) is 58.9 Å². The fraction of sp³-hybridized carbons (Fsp3) is 0.625. The maximum Gasteiger partial charge on any atom is 0.00187 e. The van der Waals surface area contributed by atoms with Crippen LogP contribution in [-0.4, -0.2) is 6.04 Å². The third-order valence-corrected chi connectivity index (χ3v) is 3.36. The van der Waals surface area contributed by atoms with E-state index in [0.717, 1.165) is 6.42 Å².